The number of benzene rings is 1. The summed E-state index contributed by atoms with van der Waals surface area (Å²) in [6.45, 7) is 7.63. The predicted molar refractivity (Wildman–Crippen MR) is 80.2 cm³/mol. The van der Waals surface area contributed by atoms with Gasteiger partial charge in [-0.1, -0.05) is 6.92 Å². The van der Waals surface area contributed by atoms with Gasteiger partial charge < -0.3 is 5.32 Å². The largest absolute Gasteiger partial charge is 0.349 e. The Morgan fingerprint density at radius 1 is 1.33 bits per heavy atom. The van der Waals surface area contributed by atoms with Crippen LogP contribution in [0.2, 0.25) is 0 Å². The highest BCUT2D eigenvalue weighted by molar-refractivity contribution is 5.96. The fraction of sp³-hybridized carbons (Fsp3) is 0.375. The standard InChI is InChI=1S/C16H20FN3O/c1-5-10(2)18-16(21)15-11(3)19-20(12(15)4)14-8-6-13(17)7-9-14/h6-10H,5H2,1-4H3,(H,18,21). The molecular weight excluding hydrogens is 269 g/mol. The molecule has 1 N–H and O–H groups in total. The minimum absolute atomic E-state index is 0.116. The van der Waals surface area contributed by atoms with Gasteiger partial charge in [-0.3, -0.25) is 4.79 Å². The van der Waals surface area contributed by atoms with E-state index in [0.29, 0.717) is 11.3 Å². The number of carbonyl (C=O) groups is 1. The molecule has 0 bridgehead atoms. The topological polar surface area (TPSA) is 46.9 Å². The maximum Gasteiger partial charge on any atom is 0.255 e. The van der Waals surface area contributed by atoms with Gasteiger partial charge in [0.05, 0.1) is 22.6 Å². The maximum absolute atomic E-state index is 13.0. The second kappa shape index (κ2) is 6.08. The van der Waals surface area contributed by atoms with Gasteiger partial charge >= 0.3 is 0 Å². The van der Waals surface area contributed by atoms with E-state index in [2.05, 4.69) is 10.4 Å². The number of aromatic nitrogens is 2. The van der Waals surface area contributed by atoms with Crippen molar-refractivity contribution in [2.75, 3.05) is 0 Å². The molecule has 0 saturated heterocycles. The summed E-state index contributed by atoms with van der Waals surface area (Å²) in [7, 11) is 0. The van der Waals surface area contributed by atoms with Gasteiger partial charge in [-0.15, -0.1) is 0 Å². The smallest absolute Gasteiger partial charge is 0.255 e. The molecule has 1 aromatic carbocycles. The number of hydrogen-bond acceptors (Lipinski definition) is 2. The van der Waals surface area contributed by atoms with Crippen molar-refractivity contribution in [2.24, 2.45) is 0 Å². The molecule has 1 amide bonds. The van der Waals surface area contributed by atoms with Crippen LogP contribution in [0.3, 0.4) is 0 Å². The van der Waals surface area contributed by atoms with E-state index in [9.17, 15) is 9.18 Å². The monoisotopic (exact) mass is 289 g/mol. The number of hydrogen-bond donors (Lipinski definition) is 1. The Morgan fingerprint density at radius 3 is 2.52 bits per heavy atom. The van der Waals surface area contributed by atoms with Crippen LogP contribution in [0.15, 0.2) is 24.3 Å². The first-order valence-electron chi connectivity index (χ1n) is 7.07. The van der Waals surface area contributed by atoms with Crippen molar-refractivity contribution in [3.63, 3.8) is 0 Å². The third kappa shape index (κ3) is 3.12. The molecule has 0 spiro atoms. The lowest BCUT2D eigenvalue weighted by Crippen LogP contribution is -2.32. The Balaban J connectivity index is 2.37. The average Bonchev–Trinajstić information content (AvgIpc) is 2.74. The van der Waals surface area contributed by atoms with Crippen LogP contribution < -0.4 is 5.32 Å². The minimum Gasteiger partial charge on any atom is -0.349 e. The molecule has 0 radical (unpaired) electrons. The van der Waals surface area contributed by atoms with E-state index in [1.165, 1.54) is 12.1 Å². The van der Waals surface area contributed by atoms with Crippen molar-refractivity contribution in [1.82, 2.24) is 15.1 Å². The van der Waals surface area contributed by atoms with Crippen molar-refractivity contribution in [2.45, 2.75) is 40.2 Å². The number of rotatable bonds is 4. The molecule has 0 aliphatic rings. The van der Waals surface area contributed by atoms with Crippen molar-refractivity contribution >= 4 is 5.91 Å². The van der Waals surface area contributed by atoms with Gasteiger partial charge in [0.25, 0.3) is 5.91 Å². The number of halogens is 1. The van der Waals surface area contributed by atoms with Gasteiger partial charge in [-0.05, 0) is 51.5 Å². The van der Waals surface area contributed by atoms with Crippen LogP contribution in [0.25, 0.3) is 5.69 Å². The Kier molecular flexibility index (Phi) is 4.40. The summed E-state index contributed by atoms with van der Waals surface area (Å²) in [4.78, 5) is 12.3. The van der Waals surface area contributed by atoms with Crippen LogP contribution >= 0.6 is 0 Å². The molecule has 2 aromatic rings. The molecule has 21 heavy (non-hydrogen) atoms. The van der Waals surface area contributed by atoms with Crippen LogP contribution in [0.4, 0.5) is 4.39 Å². The normalized spacial score (nSPS) is 12.2. The number of nitrogens with zero attached hydrogens (tertiary/aromatic N) is 2. The quantitative estimate of drug-likeness (QED) is 0.939. The van der Waals surface area contributed by atoms with E-state index in [0.717, 1.165) is 17.8 Å². The van der Waals surface area contributed by atoms with Gasteiger partial charge in [0.15, 0.2) is 0 Å². The summed E-state index contributed by atoms with van der Waals surface area (Å²) in [5.74, 6) is -0.414. The zero-order valence-corrected chi connectivity index (χ0v) is 12.8. The Hall–Kier alpha value is -2.17. The predicted octanol–water partition coefficient (Wildman–Crippen LogP) is 3.16. The van der Waals surface area contributed by atoms with E-state index < -0.39 is 0 Å². The Morgan fingerprint density at radius 2 is 1.95 bits per heavy atom. The average molecular weight is 289 g/mol. The number of aryl methyl sites for hydroxylation is 1. The van der Waals surface area contributed by atoms with E-state index in [1.54, 1.807) is 23.7 Å². The fourth-order valence-corrected chi connectivity index (χ4v) is 2.20. The van der Waals surface area contributed by atoms with Gasteiger partial charge in [0, 0.05) is 6.04 Å². The molecule has 2 rings (SSSR count). The first kappa shape index (κ1) is 15.2. The summed E-state index contributed by atoms with van der Waals surface area (Å²) in [6, 6.07) is 6.16. The van der Waals surface area contributed by atoms with Crippen LogP contribution in [0, 0.1) is 19.7 Å². The molecule has 1 atom stereocenters. The third-order valence-electron chi connectivity index (χ3n) is 3.58. The van der Waals surface area contributed by atoms with Crippen molar-refractivity contribution < 1.29 is 9.18 Å². The van der Waals surface area contributed by atoms with Crippen molar-refractivity contribution in [3.05, 3.63) is 47.0 Å². The van der Waals surface area contributed by atoms with Gasteiger partial charge in [0.1, 0.15) is 5.82 Å². The lowest BCUT2D eigenvalue weighted by atomic mass is 10.1. The highest BCUT2D eigenvalue weighted by Crippen LogP contribution is 2.18. The molecule has 1 aromatic heterocycles. The molecule has 1 unspecified atom stereocenters. The zero-order valence-electron chi connectivity index (χ0n) is 12.8. The Labute approximate surface area is 124 Å². The Bertz CT molecular complexity index is 646. The summed E-state index contributed by atoms with van der Waals surface area (Å²) >= 11 is 0. The van der Waals surface area contributed by atoms with E-state index >= 15 is 0 Å². The summed E-state index contributed by atoms with van der Waals surface area (Å²) in [6.07, 6.45) is 0.871. The summed E-state index contributed by atoms with van der Waals surface area (Å²) in [5.41, 5.74) is 2.73. The minimum atomic E-state index is -0.296. The maximum atomic E-state index is 13.0. The number of amides is 1. The molecule has 5 heteroatoms. The molecule has 0 aliphatic heterocycles. The van der Waals surface area contributed by atoms with E-state index in [1.807, 2.05) is 20.8 Å². The molecule has 1 heterocycles. The van der Waals surface area contributed by atoms with Crippen LogP contribution in [0.1, 0.15) is 42.0 Å². The second-order valence-electron chi connectivity index (χ2n) is 5.22. The SMILES string of the molecule is CCC(C)NC(=O)c1c(C)nn(-c2ccc(F)cc2)c1C. The molecule has 0 aliphatic carbocycles. The van der Waals surface area contributed by atoms with E-state index in [4.69, 9.17) is 0 Å². The molecule has 0 fully saturated rings. The molecule has 112 valence electrons. The first-order valence-corrected chi connectivity index (χ1v) is 7.07. The molecule has 4 nitrogen and oxygen atoms in total. The van der Waals surface area contributed by atoms with E-state index in [-0.39, 0.29) is 17.8 Å². The molecule has 0 saturated carbocycles. The number of carbonyl (C=O) groups excluding carboxylic acids is 1. The fourth-order valence-electron chi connectivity index (χ4n) is 2.20. The highest BCUT2D eigenvalue weighted by Gasteiger charge is 2.20. The number of nitrogens with one attached hydrogen (secondary N) is 1. The summed E-state index contributed by atoms with van der Waals surface area (Å²) < 4.78 is 14.7. The zero-order chi connectivity index (χ0) is 15.6. The van der Waals surface area contributed by atoms with Crippen LogP contribution in [-0.4, -0.2) is 21.7 Å². The lowest BCUT2D eigenvalue weighted by molar-refractivity contribution is 0.0938. The highest BCUT2D eigenvalue weighted by atomic mass is 19.1. The molecular formula is C16H20FN3O. The van der Waals surface area contributed by atoms with Gasteiger partial charge in [0.2, 0.25) is 0 Å². The van der Waals surface area contributed by atoms with Crippen LogP contribution in [0.5, 0.6) is 0 Å². The van der Waals surface area contributed by atoms with Crippen molar-refractivity contribution in [3.8, 4) is 5.69 Å². The third-order valence-corrected chi connectivity index (χ3v) is 3.58. The van der Waals surface area contributed by atoms with Crippen molar-refractivity contribution in [1.29, 1.82) is 0 Å². The van der Waals surface area contributed by atoms with Gasteiger partial charge in [-0.2, -0.15) is 5.10 Å². The summed E-state index contributed by atoms with van der Waals surface area (Å²) in [5, 5.41) is 7.35. The second-order valence-corrected chi connectivity index (χ2v) is 5.22. The van der Waals surface area contributed by atoms with Crippen LogP contribution in [-0.2, 0) is 0 Å². The first-order chi connectivity index (χ1) is 9.93. The van der Waals surface area contributed by atoms with Gasteiger partial charge in [-0.25, -0.2) is 9.07 Å². The lowest BCUT2D eigenvalue weighted by Gasteiger charge is -2.11.